The molecule has 0 bridgehead atoms. The Balaban J connectivity index is 1.62. The van der Waals surface area contributed by atoms with Crippen LogP contribution in [-0.4, -0.2) is 47.3 Å². The molecular formula is C13H24N2O. The van der Waals surface area contributed by atoms with Crippen LogP contribution in [0.25, 0.3) is 0 Å². The average Bonchev–Trinajstić information content (AvgIpc) is 3.08. The van der Waals surface area contributed by atoms with Crippen molar-refractivity contribution in [3.8, 4) is 0 Å². The Morgan fingerprint density at radius 1 is 1.12 bits per heavy atom. The molecule has 1 aliphatic carbocycles. The molecule has 0 aromatic rings. The highest BCUT2D eigenvalue weighted by Gasteiger charge is 2.46. The van der Waals surface area contributed by atoms with E-state index in [0.717, 1.165) is 38.5 Å². The second-order valence-electron chi connectivity index (χ2n) is 5.91. The van der Waals surface area contributed by atoms with Gasteiger partial charge in [0.25, 0.3) is 0 Å². The maximum absolute atomic E-state index is 10.8. The molecule has 0 amide bonds. The zero-order valence-corrected chi connectivity index (χ0v) is 10.1. The van der Waals surface area contributed by atoms with E-state index in [4.69, 9.17) is 0 Å². The Morgan fingerprint density at radius 2 is 2.00 bits per heavy atom. The summed E-state index contributed by atoms with van der Waals surface area (Å²) in [7, 11) is 0. The fraction of sp³-hybridized carbons (Fsp3) is 1.00. The zero-order chi connectivity index (χ0) is 11.0. The van der Waals surface area contributed by atoms with E-state index in [1.54, 1.807) is 0 Å². The van der Waals surface area contributed by atoms with Crippen LogP contribution < -0.4 is 5.32 Å². The first-order valence-electron chi connectivity index (χ1n) is 6.98. The van der Waals surface area contributed by atoms with Crippen molar-refractivity contribution >= 4 is 0 Å². The standard InChI is InChI=1S/C13H24N2O/c16-13(12-4-2-1-3-8-14-12)7-9-15(10-13)11-5-6-11/h11-12,14,16H,1-10H2. The van der Waals surface area contributed by atoms with Crippen molar-refractivity contribution in [2.75, 3.05) is 19.6 Å². The van der Waals surface area contributed by atoms with Crippen LogP contribution in [0.15, 0.2) is 0 Å². The van der Waals surface area contributed by atoms with Crippen molar-refractivity contribution in [2.45, 2.75) is 62.6 Å². The minimum absolute atomic E-state index is 0.346. The number of likely N-dealkylation sites (tertiary alicyclic amines) is 1. The van der Waals surface area contributed by atoms with Crippen LogP contribution in [0, 0.1) is 0 Å². The smallest absolute Gasteiger partial charge is 0.0938 e. The lowest BCUT2D eigenvalue weighted by molar-refractivity contribution is 0.00856. The van der Waals surface area contributed by atoms with E-state index < -0.39 is 5.60 Å². The third-order valence-electron chi connectivity index (χ3n) is 4.58. The molecular weight excluding hydrogens is 200 g/mol. The fourth-order valence-electron chi connectivity index (χ4n) is 3.37. The summed E-state index contributed by atoms with van der Waals surface area (Å²) in [6.45, 7) is 3.12. The minimum Gasteiger partial charge on any atom is -0.387 e. The molecule has 2 saturated heterocycles. The maximum Gasteiger partial charge on any atom is 0.0938 e. The van der Waals surface area contributed by atoms with Gasteiger partial charge in [-0.2, -0.15) is 0 Å². The highest BCUT2D eigenvalue weighted by molar-refractivity contribution is 5.03. The second-order valence-corrected chi connectivity index (χ2v) is 5.91. The average molecular weight is 224 g/mol. The van der Waals surface area contributed by atoms with Gasteiger partial charge in [-0.3, -0.25) is 4.90 Å². The molecule has 3 nitrogen and oxygen atoms in total. The molecule has 2 heterocycles. The zero-order valence-electron chi connectivity index (χ0n) is 10.1. The normalized spacial score (nSPS) is 42.2. The predicted molar refractivity (Wildman–Crippen MR) is 64.4 cm³/mol. The molecule has 0 spiro atoms. The summed E-state index contributed by atoms with van der Waals surface area (Å²) in [6, 6.07) is 1.15. The van der Waals surface area contributed by atoms with E-state index in [1.807, 2.05) is 0 Å². The highest BCUT2D eigenvalue weighted by atomic mass is 16.3. The largest absolute Gasteiger partial charge is 0.387 e. The van der Waals surface area contributed by atoms with Gasteiger partial charge in [-0.15, -0.1) is 0 Å². The van der Waals surface area contributed by atoms with Crippen LogP contribution in [0.1, 0.15) is 44.9 Å². The number of hydrogen-bond donors (Lipinski definition) is 2. The van der Waals surface area contributed by atoms with E-state index in [1.165, 1.54) is 32.1 Å². The molecule has 3 rings (SSSR count). The van der Waals surface area contributed by atoms with Gasteiger partial charge < -0.3 is 10.4 Å². The molecule has 1 saturated carbocycles. The van der Waals surface area contributed by atoms with Crippen LogP contribution >= 0.6 is 0 Å². The number of β-amino-alcohol motifs (C(OH)–C–C–N with tert-alkyl or cyclic N) is 1. The fourth-order valence-corrected chi connectivity index (χ4v) is 3.37. The summed E-state index contributed by atoms with van der Waals surface area (Å²) in [5.41, 5.74) is -0.438. The molecule has 3 aliphatic rings. The summed E-state index contributed by atoms with van der Waals surface area (Å²) >= 11 is 0. The molecule has 2 unspecified atom stereocenters. The van der Waals surface area contributed by atoms with Crippen molar-refractivity contribution in [3.05, 3.63) is 0 Å². The topological polar surface area (TPSA) is 35.5 Å². The van der Waals surface area contributed by atoms with E-state index in [9.17, 15) is 5.11 Å². The Kier molecular flexibility index (Phi) is 2.94. The van der Waals surface area contributed by atoms with E-state index in [0.29, 0.717) is 6.04 Å². The molecule has 92 valence electrons. The molecule has 0 aromatic carbocycles. The monoisotopic (exact) mass is 224 g/mol. The van der Waals surface area contributed by atoms with Gasteiger partial charge in [0.15, 0.2) is 0 Å². The molecule has 3 fully saturated rings. The molecule has 0 radical (unpaired) electrons. The highest BCUT2D eigenvalue weighted by Crippen LogP contribution is 2.36. The van der Waals surface area contributed by atoms with Crippen molar-refractivity contribution in [1.29, 1.82) is 0 Å². The number of nitrogens with one attached hydrogen (secondary N) is 1. The Morgan fingerprint density at radius 3 is 2.81 bits per heavy atom. The molecule has 3 heteroatoms. The third kappa shape index (κ3) is 2.13. The van der Waals surface area contributed by atoms with Crippen molar-refractivity contribution < 1.29 is 5.11 Å². The maximum atomic E-state index is 10.8. The van der Waals surface area contributed by atoms with Gasteiger partial charge >= 0.3 is 0 Å². The first-order chi connectivity index (χ1) is 7.78. The first-order valence-corrected chi connectivity index (χ1v) is 6.98. The van der Waals surface area contributed by atoms with E-state index in [-0.39, 0.29) is 0 Å². The molecule has 2 atom stereocenters. The summed E-state index contributed by atoms with van der Waals surface area (Å²) in [5, 5.41) is 14.4. The van der Waals surface area contributed by atoms with E-state index >= 15 is 0 Å². The minimum atomic E-state index is -0.438. The van der Waals surface area contributed by atoms with Gasteiger partial charge in [0, 0.05) is 25.2 Å². The second kappa shape index (κ2) is 4.28. The van der Waals surface area contributed by atoms with E-state index in [2.05, 4.69) is 10.2 Å². The van der Waals surface area contributed by atoms with Gasteiger partial charge in [0.05, 0.1) is 5.60 Å². The lowest BCUT2D eigenvalue weighted by Gasteiger charge is -2.33. The number of nitrogens with zero attached hydrogens (tertiary/aromatic N) is 1. The SMILES string of the molecule is OC1(C2CCCCCN2)CCN(C2CC2)C1. The Labute approximate surface area is 98.2 Å². The summed E-state index contributed by atoms with van der Waals surface area (Å²) in [6.07, 6.45) is 8.73. The van der Waals surface area contributed by atoms with Crippen LogP contribution in [0.5, 0.6) is 0 Å². The molecule has 16 heavy (non-hydrogen) atoms. The van der Waals surface area contributed by atoms with Crippen LogP contribution in [0.4, 0.5) is 0 Å². The van der Waals surface area contributed by atoms with Gasteiger partial charge in [-0.05, 0) is 38.6 Å². The summed E-state index contributed by atoms with van der Waals surface area (Å²) < 4.78 is 0. The van der Waals surface area contributed by atoms with Crippen LogP contribution in [0.2, 0.25) is 0 Å². The molecule has 0 aromatic heterocycles. The third-order valence-corrected chi connectivity index (χ3v) is 4.58. The predicted octanol–water partition coefficient (Wildman–Crippen LogP) is 1.12. The number of rotatable bonds is 2. The summed E-state index contributed by atoms with van der Waals surface area (Å²) in [4.78, 5) is 2.51. The number of hydrogen-bond acceptors (Lipinski definition) is 3. The molecule has 2 aliphatic heterocycles. The summed E-state index contributed by atoms with van der Waals surface area (Å²) in [5.74, 6) is 0. The lowest BCUT2D eigenvalue weighted by atomic mass is 9.90. The first kappa shape index (κ1) is 11.0. The number of aliphatic hydroxyl groups is 1. The van der Waals surface area contributed by atoms with Gasteiger partial charge in [0.2, 0.25) is 0 Å². The Bertz CT molecular complexity index is 246. The van der Waals surface area contributed by atoms with Gasteiger partial charge in [0.1, 0.15) is 0 Å². The Hall–Kier alpha value is -0.120. The van der Waals surface area contributed by atoms with Crippen molar-refractivity contribution in [3.63, 3.8) is 0 Å². The quantitative estimate of drug-likeness (QED) is 0.738. The lowest BCUT2D eigenvalue weighted by Crippen LogP contribution is -2.52. The molecule has 2 N–H and O–H groups in total. The van der Waals surface area contributed by atoms with Crippen LogP contribution in [0.3, 0.4) is 0 Å². The van der Waals surface area contributed by atoms with Gasteiger partial charge in [-0.1, -0.05) is 12.8 Å². The van der Waals surface area contributed by atoms with Gasteiger partial charge in [-0.25, -0.2) is 0 Å². The van der Waals surface area contributed by atoms with Crippen LogP contribution in [-0.2, 0) is 0 Å². The van der Waals surface area contributed by atoms with Crippen molar-refractivity contribution in [1.82, 2.24) is 10.2 Å². The van der Waals surface area contributed by atoms with Crippen molar-refractivity contribution in [2.24, 2.45) is 0 Å².